The lowest BCUT2D eigenvalue weighted by atomic mass is 9.91. The number of anilines is 1. The van der Waals surface area contributed by atoms with E-state index in [1.54, 1.807) is 19.1 Å². The van der Waals surface area contributed by atoms with Crippen LogP contribution in [0.15, 0.2) is 36.4 Å². The van der Waals surface area contributed by atoms with E-state index in [1.807, 2.05) is 12.1 Å². The van der Waals surface area contributed by atoms with E-state index in [-0.39, 0.29) is 23.2 Å². The molecule has 0 saturated carbocycles. The number of aryl methyl sites for hydroxylation is 1. The molecular formula is C24H28FN3O3S. The van der Waals surface area contributed by atoms with Crippen LogP contribution in [0, 0.1) is 11.2 Å². The molecule has 0 aliphatic carbocycles. The number of hydrogen-bond acceptors (Lipinski definition) is 5. The SMILES string of the molecule is CCS(=O)(=O)CCc1c(C2CCOCC2)n(-c2ccc(F)cc2)c2cc(C=N)c(N)cc12. The monoisotopic (exact) mass is 457 g/mol. The summed E-state index contributed by atoms with van der Waals surface area (Å²) in [6.45, 7) is 2.93. The fraction of sp³-hybridized carbons (Fsp3) is 0.375. The van der Waals surface area contributed by atoms with Gasteiger partial charge >= 0.3 is 0 Å². The molecule has 1 aromatic heterocycles. The molecule has 3 aromatic rings. The maximum absolute atomic E-state index is 13.7. The summed E-state index contributed by atoms with van der Waals surface area (Å²) in [6, 6.07) is 10.00. The van der Waals surface area contributed by atoms with E-state index in [0.29, 0.717) is 30.9 Å². The number of fused-ring (bicyclic) bond motifs is 1. The number of nitrogen functional groups attached to an aromatic ring is 1. The minimum Gasteiger partial charge on any atom is -0.398 e. The van der Waals surface area contributed by atoms with Crippen molar-refractivity contribution < 1.29 is 17.5 Å². The average Bonchev–Trinajstić information content (AvgIpc) is 3.11. The Bertz CT molecular complexity index is 1240. The van der Waals surface area contributed by atoms with Crippen LogP contribution in [-0.4, -0.2) is 43.9 Å². The Balaban J connectivity index is 2.02. The third-order valence-corrected chi connectivity index (χ3v) is 7.97. The fourth-order valence-corrected chi connectivity index (χ4v) is 5.31. The Labute approximate surface area is 187 Å². The molecular weight excluding hydrogens is 429 g/mol. The van der Waals surface area contributed by atoms with Gasteiger partial charge in [0.2, 0.25) is 0 Å². The molecule has 1 aliphatic rings. The Morgan fingerprint density at radius 2 is 1.91 bits per heavy atom. The first-order valence-corrected chi connectivity index (χ1v) is 12.7. The summed E-state index contributed by atoms with van der Waals surface area (Å²) < 4.78 is 46.1. The summed E-state index contributed by atoms with van der Waals surface area (Å²) in [4.78, 5) is 0. The van der Waals surface area contributed by atoms with Gasteiger partial charge in [0.25, 0.3) is 0 Å². The Morgan fingerprint density at radius 3 is 2.53 bits per heavy atom. The molecule has 32 heavy (non-hydrogen) atoms. The molecule has 1 aliphatic heterocycles. The van der Waals surface area contributed by atoms with Gasteiger partial charge < -0.3 is 20.4 Å². The summed E-state index contributed by atoms with van der Waals surface area (Å²) in [5, 5.41) is 8.63. The van der Waals surface area contributed by atoms with Crippen molar-refractivity contribution >= 4 is 32.6 Å². The van der Waals surface area contributed by atoms with Gasteiger partial charge in [-0.25, -0.2) is 12.8 Å². The van der Waals surface area contributed by atoms with E-state index in [2.05, 4.69) is 4.57 Å². The van der Waals surface area contributed by atoms with Gasteiger partial charge in [0.15, 0.2) is 0 Å². The molecule has 0 atom stereocenters. The molecule has 2 aromatic carbocycles. The summed E-state index contributed by atoms with van der Waals surface area (Å²) in [5.74, 6) is -0.00758. The van der Waals surface area contributed by atoms with Crippen LogP contribution in [0.25, 0.3) is 16.6 Å². The van der Waals surface area contributed by atoms with Gasteiger partial charge in [-0.05, 0) is 61.2 Å². The van der Waals surface area contributed by atoms with Crippen molar-refractivity contribution in [2.75, 3.05) is 30.5 Å². The number of sulfone groups is 1. The molecule has 0 spiro atoms. The van der Waals surface area contributed by atoms with Crippen LogP contribution in [0.2, 0.25) is 0 Å². The number of hydrogen-bond donors (Lipinski definition) is 2. The number of nitrogens with one attached hydrogen (secondary N) is 1. The Kier molecular flexibility index (Phi) is 6.35. The zero-order chi connectivity index (χ0) is 22.9. The highest BCUT2D eigenvalue weighted by Crippen LogP contribution is 2.40. The van der Waals surface area contributed by atoms with Crippen molar-refractivity contribution in [3.05, 3.63) is 59.0 Å². The lowest BCUT2D eigenvalue weighted by Gasteiger charge is -2.25. The molecule has 1 saturated heterocycles. The average molecular weight is 458 g/mol. The second-order valence-corrected chi connectivity index (χ2v) is 10.7. The molecule has 0 amide bonds. The normalized spacial score (nSPS) is 15.3. The van der Waals surface area contributed by atoms with E-state index in [0.717, 1.165) is 40.7 Å². The van der Waals surface area contributed by atoms with Crippen molar-refractivity contribution in [1.29, 1.82) is 5.41 Å². The maximum Gasteiger partial charge on any atom is 0.150 e. The van der Waals surface area contributed by atoms with Crippen LogP contribution < -0.4 is 5.73 Å². The highest BCUT2D eigenvalue weighted by atomic mass is 32.2. The molecule has 8 heteroatoms. The number of rotatable bonds is 7. The van der Waals surface area contributed by atoms with Crippen LogP contribution in [-0.2, 0) is 21.0 Å². The first-order valence-electron chi connectivity index (χ1n) is 10.9. The van der Waals surface area contributed by atoms with Crippen molar-refractivity contribution in [3.8, 4) is 5.69 Å². The smallest absolute Gasteiger partial charge is 0.150 e. The van der Waals surface area contributed by atoms with Gasteiger partial charge in [0, 0.05) is 59.1 Å². The number of ether oxygens (including phenoxy) is 1. The largest absolute Gasteiger partial charge is 0.398 e. The van der Waals surface area contributed by atoms with Gasteiger partial charge in [0.1, 0.15) is 15.7 Å². The molecule has 2 heterocycles. The molecule has 0 unspecified atom stereocenters. The quantitative estimate of drug-likeness (QED) is 0.410. The zero-order valence-electron chi connectivity index (χ0n) is 18.1. The molecule has 1 fully saturated rings. The number of halogens is 1. The van der Waals surface area contributed by atoms with Crippen LogP contribution in [0.3, 0.4) is 0 Å². The van der Waals surface area contributed by atoms with Gasteiger partial charge in [-0.1, -0.05) is 6.92 Å². The van der Waals surface area contributed by atoms with Gasteiger partial charge in [-0.2, -0.15) is 0 Å². The highest BCUT2D eigenvalue weighted by Gasteiger charge is 2.28. The van der Waals surface area contributed by atoms with E-state index in [9.17, 15) is 12.8 Å². The van der Waals surface area contributed by atoms with Crippen LogP contribution in [0.1, 0.15) is 42.5 Å². The zero-order valence-corrected chi connectivity index (χ0v) is 18.9. The van der Waals surface area contributed by atoms with E-state index in [1.165, 1.54) is 18.3 Å². The molecule has 4 rings (SSSR count). The third kappa shape index (κ3) is 4.29. The second-order valence-electron chi connectivity index (χ2n) is 8.19. The minimum absolute atomic E-state index is 0.0501. The van der Waals surface area contributed by atoms with Crippen LogP contribution >= 0.6 is 0 Å². The molecule has 0 radical (unpaired) electrons. The highest BCUT2D eigenvalue weighted by molar-refractivity contribution is 7.91. The number of benzene rings is 2. The summed E-state index contributed by atoms with van der Waals surface area (Å²) in [6.07, 6.45) is 3.22. The van der Waals surface area contributed by atoms with Gasteiger partial charge in [0.05, 0.1) is 11.3 Å². The van der Waals surface area contributed by atoms with E-state index < -0.39 is 9.84 Å². The first-order chi connectivity index (χ1) is 15.3. The fourth-order valence-electron chi connectivity index (χ4n) is 4.51. The third-order valence-electron chi connectivity index (χ3n) is 6.27. The van der Waals surface area contributed by atoms with Gasteiger partial charge in [-0.15, -0.1) is 0 Å². The van der Waals surface area contributed by atoms with Crippen molar-refractivity contribution in [2.24, 2.45) is 0 Å². The van der Waals surface area contributed by atoms with Crippen molar-refractivity contribution in [3.63, 3.8) is 0 Å². The van der Waals surface area contributed by atoms with Gasteiger partial charge in [-0.3, -0.25) is 0 Å². The number of aromatic nitrogens is 1. The predicted molar refractivity (Wildman–Crippen MR) is 126 cm³/mol. The van der Waals surface area contributed by atoms with Crippen LogP contribution in [0.4, 0.5) is 10.1 Å². The summed E-state index contributed by atoms with van der Waals surface area (Å²) in [5.41, 5.74) is 10.9. The standard InChI is InChI=1S/C24H28FN3O3S/c1-2-32(29,30)12-9-20-21-14-22(27)17(15-26)13-23(21)28(19-5-3-18(25)4-6-19)24(20)16-7-10-31-11-8-16/h3-6,13-16,26H,2,7-12,27H2,1H3. The molecule has 6 nitrogen and oxygen atoms in total. The number of nitrogens with two attached hydrogens (primary N) is 1. The van der Waals surface area contributed by atoms with E-state index >= 15 is 0 Å². The predicted octanol–water partition coefficient (Wildman–Crippen LogP) is 4.22. The topological polar surface area (TPSA) is 98.2 Å². The summed E-state index contributed by atoms with van der Waals surface area (Å²) in [7, 11) is -3.17. The number of nitrogens with zero attached hydrogens (tertiary/aromatic N) is 1. The van der Waals surface area contributed by atoms with Crippen LogP contribution in [0.5, 0.6) is 0 Å². The lowest BCUT2D eigenvalue weighted by molar-refractivity contribution is 0.0841. The molecule has 0 bridgehead atoms. The minimum atomic E-state index is -3.17. The molecule has 170 valence electrons. The van der Waals surface area contributed by atoms with Crippen molar-refractivity contribution in [1.82, 2.24) is 4.57 Å². The lowest BCUT2D eigenvalue weighted by Crippen LogP contribution is -2.19. The second kappa shape index (κ2) is 9.03. The summed E-state index contributed by atoms with van der Waals surface area (Å²) >= 11 is 0. The maximum atomic E-state index is 13.7. The molecule has 3 N–H and O–H groups in total. The Hall–Kier alpha value is -2.71. The Morgan fingerprint density at radius 1 is 1.22 bits per heavy atom. The van der Waals surface area contributed by atoms with E-state index in [4.69, 9.17) is 15.9 Å². The first kappa shape index (κ1) is 22.5. The van der Waals surface area contributed by atoms with Crippen molar-refractivity contribution in [2.45, 2.75) is 32.1 Å².